The number of hydrogen-bond acceptors (Lipinski definition) is 3. The molecular formula is C20H24N4O2. The third-order valence-corrected chi connectivity index (χ3v) is 5.55. The summed E-state index contributed by atoms with van der Waals surface area (Å²) in [5.74, 6) is 0.711. The Balaban J connectivity index is 1.56. The van der Waals surface area contributed by atoms with Gasteiger partial charge in [-0.3, -0.25) is 14.9 Å². The molecule has 0 saturated heterocycles. The molecule has 0 radical (unpaired) electrons. The van der Waals surface area contributed by atoms with E-state index in [1.54, 1.807) is 17.3 Å². The van der Waals surface area contributed by atoms with Crippen LogP contribution in [0.15, 0.2) is 36.7 Å². The van der Waals surface area contributed by atoms with Crippen molar-refractivity contribution in [2.24, 2.45) is 5.92 Å². The minimum absolute atomic E-state index is 0.0454. The van der Waals surface area contributed by atoms with Gasteiger partial charge in [0.05, 0.1) is 0 Å². The highest BCUT2D eigenvalue weighted by molar-refractivity contribution is 6.03. The van der Waals surface area contributed by atoms with E-state index in [0.717, 1.165) is 18.4 Å². The number of nitrogens with one attached hydrogen (secondary N) is 2. The van der Waals surface area contributed by atoms with Gasteiger partial charge in [0, 0.05) is 24.5 Å². The Morgan fingerprint density at radius 2 is 2.08 bits per heavy atom. The lowest BCUT2D eigenvalue weighted by Gasteiger charge is -2.31. The van der Waals surface area contributed by atoms with E-state index >= 15 is 0 Å². The highest BCUT2D eigenvalue weighted by Gasteiger charge is 2.37. The van der Waals surface area contributed by atoms with Gasteiger partial charge in [0.2, 0.25) is 11.9 Å². The second-order valence-electron chi connectivity index (χ2n) is 7.27. The standard InChI is InChI=1S/C20H24N4O2/c25-18(23-20-21-10-11-22-20)17(12-14-6-2-1-3-7-14)24-13-15-8-4-5-9-16(15)19(24)26/h4-5,8-11,14,17H,1-3,6-7,12-13H2,(H2,21,22,23,25)/t17-/m0/s1. The van der Waals surface area contributed by atoms with Crippen molar-refractivity contribution in [2.45, 2.75) is 51.1 Å². The zero-order chi connectivity index (χ0) is 17.9. The molecule has 1 saturated carbocycles. The van der Waals surface area contributed by atoms with E-state index in [4.69, 9.17) is 0 Å². The molecule has 0 unspecified atom stereocenters. The van der Waals surface area contributed by atoms with Gasteiger partial charge in [-0.05, 0) is 24.0 Å². The molecule has 136 valence electrons. The average Bonchev–Trinajstić information content (AvgIpc) is 3.29. The summed E-state index contributed by atoms with van der Waals surface area (Å²) in [6.45, 7) is 0.498. The van der Waals surface area contributed by atoms with Crippen molar-refractivity contribution in [2.75, 3.05) is 5.32 Å². The first-order chi connectivity index (χ1) is 12.7. The van der Waals surface area contributed by atoms with Crippen molar-refractivity contribution in [1.29, 1.82) is 0 Å². The molecule has 1 aromatic carbocycles. The number of carbonyl (C=O) groups is 2. The van der Waals surface area contributed by atoms with Crippen LogP contribution in [0.5, 0.6) is 0 Å². The summed E-state index contributed by atoms with van der Waals surface area (Å²) in [6, 6.07) is 7.16. The molecule has 2 N–H and O–H groups in total. The molecule has 0 spiro atoms. The minimum atomic E-state index is -0.469. The molecule has 2 amide bonds. The van der Waals surface area contributed by atoms with Crippen molar-refractivity contribution in [1.82, 2.24) is 14.9 Å². The van der Waals surface area contributed by atoms with E-state index in [1.807, 2.05) is 24.3 Å². The number of amides is 2. The molecule has 1 aromatic heterocycles. The molecule has 2 heterocycles. The average molecular weight is 352 g/mol. The topological polar surface area (TPSA) is 78.1 Å². The van der Waals surface area contributed by atoms with Crippen LogP contribution in [0.4, 0.5) is 5.95 Å². The van der Waals surface area contributed by atoms with Crippen LogP contribution in [-0.4, -0.2) is 32.7 Å². The lowest BCUT2D eigenvalue weighted by Crippen LogP contribution is -2.45. The number of benzene rings is 1. The Kier molecular flexibility index (Phi) is 4.73. The number of hydrogen-bond donors (Lipinski definition) is 2. The van der Waals surface area contributed by atoms with Crippen molar-refractivity contribution in [3.8, 4) is 0 Å². The Bertz CT molecular complexity index is 781. The van der Waals surface area contributed by atoms with E-state index in [9.17, 15) is 9.59 Å². The van der Waals surface area contributed by atoms with Crippen molar-refractivity contribution < 1.29 is 9.59 Å². The van der Waals surface area contributed by atoms with Gasteiger partial charge in [0.25, 0.3) is 5.91 Å². The van der Waals surface area contributed by atoms with Gasteiger partial charge in [0.1, 0.15) is 6.04 Å². The summed E-state index contributed by atoms with van der Waals surface area (Å²) < 4.78 is 0. The van der Waals surface area contributed by atoms with Gasteiger partial charge in [-0.15, -0.1) is 0 Å². The normalized spacial score (nSPS) is 18.6. The molecule has 6 heteroatoms. The van der Waals surface area contributed by atoms with Gasteiger partial charge in [-0.25, -0.2) is 4.98 Å². The molecule has 2 aromatic rings. The van der Waals surface area contributed by atoms with E-state index in [-0.39, 0.29) is 11.8 Å². The maximum absolute atomic E-state index is 13.0. The number of carbonyl (C=O) groups excluding carboxylic acids is 2. The second kappa shape index (κ2) is 7.32. The maximum Gasteiger partial charge on any atom is 0.255 e. The number of aromatic nitrogens is 2. The number of nitrogens with zero attached hydrogens (tertiary/aromatic N) is 2. The lowest BCUT2D eigenvalue weighted by molar-refractivity contribution is -0.121. The molecule has 4 rings (SSSR count). The third-order valence-electron chi connectivity index (χ3n) is 5.55. The van der Waals surface area contributed by atoms with E-state index < -0.39 is 6.04 Å². The number of aromatic amines is 1. The fraction of sp³-hybridized carbons (Fsp3) is 0.450. The van der Waals surface area contributed by atoms with Crippen molar-refractivity contribution >= 4 is 17.8 Å². The summed E-state index contributed by atoms with van der Waals surface area (Å²) >= 11 is 0. The van der Waals surface area contributed by atoms with Crippen LogP contribution in [0.25, 0.3) is 0 Å². The Morgan fingerprint density at radius 3 is 2.81 bits per heavy atom. The Labute approximate surface area is 153 Å². The van der Waals surface area contributed by atoms with Gasteiger partial charge in [-0.2, -0.15) is 0 Å². The first kappa shape index (κ1) is 16.8. The van der Waals surface area contributed by atoms with Crippen LogP contribution >= 0.6 is 0 Å². The molecular weight excluding hydrogens is 328 g/mol. The third kappa shape index (κ3) is 3.36. The minimum Gasteiger partial charge on any atom is -0.331 e. The van der Waals surface area contributed by atoms with Crippen LogP contribution in [0, 0.1) is 5.92 Å². The molecule has 1 atom stereocenters. The van der Waals surface area contributed by atoms with Gasteiger partial charge >= 0.3 is 0 Å². The van der Waals surface area contributed by atoms with Gasteiger partial charge in [-0.1, -0.05) is 50.3 Å². The van der Waals surface area contributed by atoms with Gasteiger partial charge < -0.3 is 9.88 Å². The molecule has 2 aliphatic rings. The molecule has 26 heavy (non-hydrogen) atoms. The second-order valence-corrected chi connectivity index (χ2v) is 7.27. The number of anilines is 1. The largest absolute Gasteiger partial charge is 0.331 e. The smallest absolute Gasteiger partial charge is 0.255 e. The van der Waals surface area contributed by atoms with Gasteiger partial charge in [0.15, 0.2) is 0 Å². The summed E-state index contributed by atoms with van der Waals surface area (Å²) in [4.78, 5) is 34.6. The predicted octanol–water partition coefficient (Wildman–Crippen LogP) is 3.34. The summed E-state index contributed by atoms with van der Waals surface area (Å²) in [7, 11) is 0. The van der Waals surface area contributed by atoms with Crippen LogP contribution in [0.2, 0.25) is 0 Å². The number of fused-ring (bicyclic) bond motifs is 1. The number of imidazole rings is 1. The number of H-pyrrole nitrogens is 1. The summed E-state index contributed by atoms with van der Waals surface area (Å²) in [6.07, 6.45) is 9.96. The van der Waals surface area contributed by atoms with Crippen LogP contribution in [0.3, 0.4) is 0 Å². The maximum atomic E-state index is 13.0. The Morgan fingerprint density at radius 1 is 1.27 bits per heavy atom. The molecule has 6 nitrogen and oxygen atoms in total. The van der Waals surface area contributed by atoms with Crippen molar-refractivity contribution in [3.63, 3.8) is 0 Å². The molecule has 1 fully saturated rings. The molecule has 1 aliphatic heterocycles. The van der Waals surface area contributed by atoms with Crippen LogP contribution in [-0.2, 0) is 11.3 Å². The zero-order valence-electron chi connectivity index (χ0n) is 14.8. The quantitative estimate of drug-likeness (QED) is 0.866. The van der Waals surface area contributed by atoms with E-state index in [1.165, 1.54) is 19.3 Å². The van der Waals surface area contributed by atoms with Crippen LogP contribution in [0.1, 0.15) is 54.4 Å². The lowest BCUT2D eigenvalue weighted by atomic mass is 9.84. The summed E-state index contributed by atoms with van der Waals surface area (Å²) in [5.41, 5.74) is 1.71. The molecule has 0 bridgehead atoms. The fourth-order valence-electron chi connectivity index (χ4n) is 4.18. The number of rotatable bonds is 5. The van der Waals surface area contributed by atoms with E-state index in [0.29, 0.717) is 30.4 Å². The predicted molar refractivity (Wildman–Crippen MR) is 98.5 cm³/mol. The van der Waals surface area contributed by atoms with Crippen LogP contribution < -0.4 is 5.32 Å². The highest BCUT2D eigenvalue weighted by Crippen LogP contribution is 2.32. The first-order valence-corrected chi connectivity index (χ1v) is 9.41. The fourth-order valence-corrected chi connectivity index (χ4v) is 4.18. The SMILES string of the molecule is O=C(Nc1ncc[nH]1)[C@H](CC1CCCCC1)N1Cc2ccccc2C1=O. The zero-order valence-corrected chi connectivity index (χ0v) is 14.8. The first-order valence-electron chi connectivity index (χ1n) is 9.41. The van der Waals surface area contributed by atoms with Crippen molar-refractivity contribution in [3.05, 3.63) is 47.8 Å². The monoisotopic (exact) mass is 352 g/mol. The van der Waals surface area contributed by atoms with E-state index in [2.05, 4.69) is 15.3 Å². The Hall–Kier alpha value is -2.63. The summed E-state index contributed by atoms with van der Waals surface area (Å²) in [5, 5.41) is 2.84. The molecule has 1 aliphatic carbocycles. The highest BCUT2D eigenvalue weighted by atomic mass is 16.2.